The highest BCUT2D eigenvalue weighted by atomic mass is 15.1. The van der Waals surface area contributed by atoms with Gasteiger partial charge in [-0.3, -0.25) is 0 Å². The number of aryl methyl sites for hydroxylation is 1. The predicted molar refractivity (Wildman–Crippen MR) is 73.1 cm³/mol. The zero-order chi connectivity index (χ0) is 12.5. The lowest BCUT2D eigenvalue weighted by Crippen LogP contribution is -2.23. The SMILES string of the molecule is CCCn1ccnc1CC=CCCNC(C)C. The standard InChI is InChI=1S/C14H25N3/c1-4-11-17-12-10-16-14(17)8-6-5-7-9-15-13(2)3/h5-6,10,12-13,15H,4,7-9,11H2,1-3H3. The van der Waals surface area contributed by atoms with Crippen molar-refractivity contribution in [2.45, 2.75) is 52.6 Å². The molecule has 1 rings (SSSR count). The first kappa shape index (κ1) is 14.0. The highest BCUT2D eigenvalue weighted by Crippen LogP contribution is 2.01. The maximum absolute atomic E-state index is 4.38. The summed E-state index contributed by atoms with van der Waals surface area (Å²) in [6.07, 6.45) is 11.6. The molecule has 0 aromatic carbocycles. The maximum Gasteiger partial charge on any atom is 0.112 e. The topological polar surface area (TPSA) is 29.9 Å². The van der Waals surface area contributed by atoms with Crippen LogP contribution in [-0.4, -0.2) is 22.1 Å². The van der Waals surface area contributed by atoms with Gasteiger partial charge in [-0.05, 0) is 19.4 Å². The fourth-order valence-electron chi connectivity index (χ4n) is 1.74. The van der Waals surface area contributed by atoms with Crippen LogP contribution >= 0.6 is 0 Å². The quantitative estimate of drug-likeness (QED) is 0.554. The van der Waals surface area contributed by atoms with Gasteiger partial charge in [-0.15, -0.1) is 0 Å². The highest BCUT2D eigenvalue weighted by Gasteiger charge is 1.98. The molecule has 0 aliphatic carbocycles. The Morgan fingerprint density at radius 2 is 2.24 bits per heavy atom. The van der Waals surface area contributed by atoms with Crippen LogP contribution in [-0.2, 0) is 13.0 Å². The van der Waals surface area contributed by atoms with Gasteiger partial charge in [0.2, 0.25) is 0 Å². The molecule has 0 amide bonds. The van der Waals surface area contributed by atoms with Gasteiger partial charge in [0.1, 0.15) is 5.82 Å². The van der Waals surface area contributed by atoms with Crippen molar-refractivity contribution >= 4 is 0 Å². The molecule has 96 valence electrons. The van der Waals surface area contributed by atoms with Gasteiger partial charge in [0.05, 0.1) is 0 Å². The molecule has 0 aliphatic rings. The van der Waals surface area contributed by atoms with E-state index in [0.717, 1.165) is 32.4 Å². The molecule has 1 heterocycles. The Morgan fingerprint density at radius 3 is 2.94 bits per heavy atom. The van der Waals surface area contributed by atoms with Crippen molar-refractivity contribution in [2.75, 3.05) is 6.54 Å². The normalized spacial score (nSPS) is 11.8. The van der Waals surface area contributed by atoms with E-state index < -0.39 is 0 Å². The Kier molecular flexibility index (Phi) is 6.63. The molecule has 1 aromatic rings. The van der Waals surface area contributed by atoms with Crippen LogP contribution < -0.4 is 5.32 Å². The van der Waals surface area contributed by atoms with Crippen LogP contribution in [0, 0.1) is 0 Å². The first-order valence-electron chi connectivity index (χ1n) is 6.62. The summed E-state index contributed by atoms with van der Waals surface area (Å²) in [6.45, 7) is 8.66. The van der Waals surface area contributed by atoms with Crippen molar-refractivity contribution in [1.82, 2.24) is 14.9 Å². The second-order valence-corrected chi connectivity index (χ2v) is 4.61. The lowest BCUT2D eigenvalue weighted by Gasteiger charge is -2.05. The molecule has 1 N–H and O–H groups in total. The molecular formula is C14H25N3. The lowest BCUT2D eigenvalue weighted by molar-refractivity contribution is 0.594. The van der Waals surface area contributed by atoms with E-state index in [1.807, 2.05) is 6.20 Å². The van der Waals surface area contributed by atoms with Crippen molar-refractivity contribution in [2.24, 2.45) is 0 Å². The summed E-state index contributed by atoms with van der Waals surface area (Å²) in [6, 6.07) is 0.576. The van der Waals surface area contributed by atoms with Crippen LogP contribution in [0.1, 0.15) is 39.4 Å². The van der Waals surface area contributed by atoms with E-state index in [-0.39, 0.29) is 0 Å². The Bertz CT molecular complexity index is 326. The highest BCUT2D eigenvalue weighted by molar-refractivity contribution is 4.99. The molecule has 0 saturated heterocycles. The summed E-state index contributed by atoms with van der Waals surface area (Å²) in [5.74, 6) is 1.17. The van der Waals surface area contributed by atoms with Crippen LogP contribution in [0.15, 0.2) is 24.5 Å². The zero-order valence-electron chi connectivity index (χ0n) is 11.3. The minimum absolute atomic E-state index is 0.576. The van der Waals surface area contributed by atoms with Crippen molar-refractivity contribution < 1.29 is 0 Å². The van der Waals surface area contributed by atoms with Crippen molar-refractivity contribution in [3.05, 3.63) is 30.4 Å². The number of imidazole rings is 1. The Hall–Kier alpha value is -1.09. The molecule has 0 bridgehead atoms. The average Bonchev–Trinajstić information content (AvgIpc) is 2.71. The van der Waals surface area contributed by atoms with Gasteiger partial charge in [0.25, 0.3) is 0 Å². The van der Waals surface area contributed by atoms with E-state index in [4.69, 9.17) is 0 Å². The maximum atomic E-state index is 4.38. The number of rotatable bonds is 8. The number of allylic oxidation sites excluding steroid dienone is 1. The van der Waals surface area contributed by atoms with Crippen LogP contribution in [0.25, 0.3) is 0 Å². The van der Waals surface area contributed by atoms with E-state index in [1.165, 1.54) is 5.82 Å². The van der Waals surface area contributed by atoms with Gasteiger partial charge in [0, 0.05) is 31.4 Å². The minimum atomic E-state index is 0.576. The van der Waals surface area contributed by atoms with E-state index >= 15 is 0 Å². The molecule has 0 atom stereocenters. The molecule has 0 saturated carbocycles. The third kappa shape index (κ3) is 5.68. The third-order valence-electron chi connectivity index (χ3n) is 2.60. The van der Waals surface area contributed by atoms with E-state index in [1.54, 1.807) is 0 Å². The third-order valence-corrected chi connectivity index (χ3v) is 2.60. The zero-order valence-corrected chi connectivity index (χ0v) is 11.3. The number of hydrogen-bond acceptors (Lipinski definition) is 2. The van der Waals surface area contributed by atoms with E-state index in [0.29, 0.717) is 6.04 Å². The van der Waals surface area contributed by atoms with Crippen molar-refractivity contribution in [3.8, 4) is 0 Å². The van der Waals surface area contributed by atoms with Crippen LogP contribution in [0.3, 0.4) is 0 Å². The Labute approximate surface area is 105 Å². The lowest BCUT2D eigenvalue weighted by atomic mass is 10.3. The predicted octanol–water partition coefficient (Wildman–Crippen LogP) is 2.78. The van der Waals surface area contributed by atoms with Gasteiger partial charge in [0.15, 0.2) is 0 Å². The summed E-state index contributed by atoms with van der Waals surface area (Å²) in [4.78, 5) is 4.38. The molecule has 1 aromatic heterocycles. The first-order chi connectivity index (χ1) is 8.24. The summed E-state index contributed by atoms with van der Waals surface area (Å²) in [5.41, 5.74) is 0. The minimum Gasteiger partial charge on any atom is -0.335 e. The number of hydrogen-bond donors (Lipinski definition) is 1. The molecule has 0 aliphatic heterocycles. The number of aromatic nitrogens is 2. The van der Waals surface area contributed by atoms with Gasteiger partial charge in [-0.25, -0.2) is 4.98 Å². The molecule has 0 fully saturated rings. The number of nitrogens with zero attached hydrogens (tertiary/aromatic N) is 2. The van der Waals surface area contributed by atoms with Gasteiger partial charge in [-0.2, -0.15) is 0 Å². The van der Waals surface area contributed by atoms with Crippen LogP contribution in [0.2, 0.25) is 0 Å². The summed E-state index contributed by atoms with van der Waals surface area (Å²) >= 11 is 0. The summed E-state index contributed by atoms with van der Waals surface area (Å²) in [7, 11) is 0. The van der Waals surface area contributed by atoms with Gasteiger partial charge >= 0.3 is 0 Å². The molecule has 3 heteroatoms. The second-order valence-electron chi connectivity index (χ2n) is 4.61. The molecule has 17 heavy (non-hydrogen) atoms. The Morgan fingerprint density at radius 1 is 1.41 bits per heavy atom. The van der Waals surface area contributed by atoms with Crippen LogP contribution in [0.5, 0.6) is 0 Å². The smallest absolute Gasteiger partial charge is 0.112 e. The van der Waals surface area contributed by atoms with Gasteiger partial charge < -0.3 is 9.88 Å². The van der Waals surface area contributed by atoms with Crippen LogP contribution in [0.4, 0.5) is 0 Å². The molecule has 0 spiro atoms. The summed E-state index contributed by atoms with van der Waals surface area (Å²) in [5, 5.41) is 3.40. The first-order valence-corrected chi connectivity index (χ1v) is 6.62. The Balaban J connectivity index is 2.24. The second kappa shape index (κ2) is 8.07. The van der Waals surface area contributed by atoms with Crippen molar-refractivity contribution in [3.63, 3.8) is 0 Å². The van der Waals surface area contributed by atoms with Gasteiger partial charge in [-0.1, -0.05) is 32.9 Å². The molecule has 3 nitrogen and oxygen atoms in total. The molecule has 0 unspecified atom stereocenters. The molecule has 0 radical (unpaired) electrons. The average molecular weight is 235 g/mol. The monoisotopic (exact) mass is 235 g/mol. The van der Waals surface area contributed by atoms with E-state index in [9.17, 15) is 0 Å². The van der Waals surface area contributed by atoms with E-state index in [2.05, 4.69) is 54.0 Å². The molecular weight excluding hydrogens is 210 g/mol. The summed E-state index contributed by atoms with van der Waals surface area (Å²) < 4.78 is 2.23. The largest absolute Gasteiger partial charge is 0.335 e. The fourth-order valence-corrected chi connectivity index (χ4v) is 1.74. The van der Waals surface area contributed by atoms with Crippen molar-refractivity contribution in [1.29, 1.82) is 0 Å². The fraction of sp³-hybridized carbons (Fsp3) is 0.643. The number of nitrogens with one attached hydrogen (secondary N) is 1.